The fourth-order valence-corrected chi connectivity index (χ4v) is 3.98. The van der Waals surface area contributed by atoms with Gasteiger partial charge in [0.05, 0.1) is 11.5 Å². The van der Waals surface area contributed by atoms with Crippen molar-refractivity contribution in [3.8, 4) is 0 Å². The molecule has 4 rings (SSSR count). The summed E-state index contributed by atoms with van der Waals surface area (Å²) in [5.74, 6) is -0.323. The van der Waals surface area contributed by atoms with Crippen molar-refractivity contribution in [3.63, 3.8) is 0 Å². The molecular formula is C21H22N2O2. The summed E-state index contributed by atoms with van der Waals surface area (Å²) in [4.78, 5) is 27.1. The van der Waals surface area contributed by atoms with Gasteiger partial charge in [0.25, 0.3) is 5.91 Å². The van der Waals surface area contributed by atoms with Crippen molar-refractivity contribution in [3.05, 3.63) is 71.3 Å². The molecule has 1 aliphatic carbocycles. The zero-order chi connectivity index (χ0) is 17.4. The SMILES string of the molecule is CN1CC(C(=O)NC2(c3ccccc3)CCC2)c2ccccc2C1=O. The zero-order valence-corrected chi connectivity index (χ0v) is 14.4. The fraction of sp³-hybridized carbons (Fsp3) is 0.333. The lowest BCUT2D eigenvalue weighted by atomic mass is 9.71. The van der Waals surface area contributed by atoms with Gasteiger partial charge in [0.1, 0.15) is 0 Å². The molecule has 1 saturated carbocycles. The number of carbonyl (C=O) groups excluding carboxylic acids is 2. The van der Waals surface area contributed by atoms with Crippen LogP contribution in [-0.2, 0) is 10.3 Å². The maximum absolute atomic E-state index is 13.1. The van der Waals surface area contributed by atoms with E-state index in [0.717, 1.165) is 24.8 Å². The standard InChI is InChI=1S/C21H22N2O2/c1-23-14-18(16-10-5-6-11-17(16)20(23)25)19(24)22-21(12-7-13-21)15-8-3-2-4-9-15/h2-6,8-11,18H,7,12-14H2,1H3,(H,22,24). The molecule has 25 heavy (non-hydrogen) atoms. The molecule has 2 aromatic carbocycles. The van der Waals surface area contributed by atoms with E-state index in [-0.39, 0.29) is 23.3 Å². The molecule has 1 unspecified atom stereocenters. The van der Waals surface area contributed by atoms with Crippen molar-refractivity contribution < 1.29 is 9.59 Å². The molecule has 1 N–H and O–H groups in total. The Hall–Kier alpha value is -2.62. The molecule has 4 nitrogen and oxygen atoms in total. The number of nitrogens with one attached hydrogen (secondary N) is 1. The van der Waals surface area contributed by atoms with E-state index >= 15 is 0 Å². The van der Waals surface area contributed by atoms with Crippen LogP contribution in [0.2, 0.25) is 0 Å². The highest BCUT2D eigenvalue weighted by Crippen LogP contribution is 2.42. The lowest BCUT2D eigenvalue weighted by molar-refractivity contribution is -0.126. The van der Waals surface area contributed by atoms with E-state index in [1.165, 1.54) is 5.56 Å². The Morgan fingerprint density at radius 3 is 2.44 bits per heavy atom. The first kappa shape index (κ1) is 15.9. The average molecular weight is 334 g/mol. The van der Waals surface area contributed by atoms with Crippen molar-refractivity contribution in [2.45, 2.75) is 30.7 Å². The summed E-state index contributed by atoms with van der Waals surface area (Å²) in [6.45, 7) is 0.423. The molecule has 1 fully saturated rings. The van der Waals surface area contributed by atoms with Crippen LogP contribution in [0.15, 0.2) is 54.6 Å². The molecule has 0 saturated heterocycles. The second-order valence-corrected chi connectivity index (χ2v) is 7.12. The molecule has 4 heteroatoms. The van der Waals surface area contributed by atoms with Crippen LogP contribution in [0.3, 0.4) is 0 Å². The van der Waals surface area contributed by atoms with Gasteiger partial charge >= 0.3 is 0 Å². The Morgan fingerprint density at radius 1 is 1.08 bits per heavy atom. The minimum atomic E-state index is -0.319. The van der Waals surface area contributed by atoms with Crippen LogP contribution in [0, 0.1) is 0 Å². The maximum atomic E-state index is 13.1. The molecule has 0 aromatic heterocycles. The Balaban J connectivity index is 1.63. The number of hydrogen-bond acceptors (Lipinski definition) is 2. The minimum Gasteiger partial charge on any atom is -0.346 e. The lowest BCUT2D eigenvalue weighted by Gasteiger charge is -2.44. The van der Waals surface area contributed by atoms with Crippen LogP contribution in [0.1, 0.15) is 46.7 Å². The first-order chi connectivity index (χ1) is 12.1. The van der Waals surface area contributed by atoms with Gasteiger partial charge in [-0.2, -0.15) is 0 Å². The van der Waals surface area contributed by atoms with Gasteiger partial charge in [-0.25, -0.2) is 0 Å². The molecule has 1 atom stereocenters. The average Bonchev–Trinajstić information content (AvgIpc) is 2.62. The molecular weight excluding hydrogens is 312 g/mol. The number of rotatable bonds is 3. The van der Waals surface area contributed by atoms with Gasteiger partial charge in [-0.05, 0) is 36.5 Å². The van der Waals surface area contributed by atoms with Crippen molar-refractivity contribution in [1.29, 1.82) is 0 Å². The Kier molecular flexibility index (Phi) is 3.83. The second-order valence-electron chi connectivity index (χ2n) is 7.12. The lowest BCUT2D eigenvalue weighted by Crippen LogP contribution is -2.54. The minimum absolute atomic E-state index is 0.00959. The largest absolute Gasteiger partial charge is 0.346 e. The van der Waals surface area contributed by atoms with Crippen LogP contribution in [0.5, 0.6) is 0 Å². The van der Waals surface area contributed by atoms with E-state index in [1.54, 1.807) is 11.9 Å². The predicted octanol–water partition coefficient (Wildman–Crippen LogP) is 3.05. The van der Waals surface area contributed by atoms with Crippen molar-refractivity contribution >= 4 is 11.8 Å². The second kappa shape index (κ2) is 6.03. The van der Waals surface area contributed by atoms with Gasteiger partial charge < -0.3 is 10.2 Å². The summed E-state index contributed by atoms with van der Waals surface area (Å²) in [5.41, 5.74) is 2.39. The van der Waals surface area contributed by atoms with E-state index in [4.69, 9.17) is 0 Å². The normalized spacial score (nSPS) is 21.2. The molecule has 1 heterocycles. The number of likely N-dealkylation sites (N-methyl/N-ethyl adjacent to an activating group) is 1. The van der Waals surface area contributed by atoms with E-state index in [2.05, 4.69) is 17.4 Å². The third kappa shape index (κ3) is 2.62. The van der Waals surface area contributed by atoms with Gasteiger partial charge in [-0.1, -0.05) is 48.5 Å². The highest BCUT2D eigenvalue weighted by Gasteiger charge is 2.42. The third-order valence-electron chi connectivity index (χ3n) is 5.58. The first-order valence-corrected chi connectivity index (χ1v) is 8.83. The maximum Gasteiger partial charge on any atom is 0.253 e. The highest BCUT2D eigenvalue weighted by molar-refractivity contribution is 6.00. The van der Waals surface area contributed by atoms with Crippen LogP contribution >= 0.6 is 0 Å². The smallest absolute Gasteiger partial charge is 0.253 e. The Bertz CT molecular complexity index is 812. The number of benzene rings is 2. The van der Waals surface area contributed by atoms with Crippen LogP contribution < -0.4 is 5.32 Å². The van der Waals surface area contributed by atoms with Gasteiger partial charge in [-0.15, -0.1) is 0 Å². The van der Waals surface area contributed by atoms with Crippen LogP contribution in [0.25, 0.3) is 0 Å². The van der Waals surface area contributed by atoms with E-state index in [1.807, 2.05) is 42.5 Å². The van der Waals surface area contributed by atoms with Gasteiger partial charge in [0, 0.05) is 19.2 Å². The van der Waals surface area contributed by atoms with E-state index < -0.39 is 0 Å². The van der Waals surface area contributed by atoms with Gasteiger partial charge in [0.15, 0.2) is 0 Å². The summed E-state index contributed by atoms with van der Waals surface area (Å²) in [5, 5.41) is 3.32. The topological polar surface area (TPSA) is 49.4 Å². The molecule has 2 aromatic rings. The highest BCUT2D eigenvalue weighted by atomic mass is 16.2. The zero-order valence-electron chi connectivity index (χ0n) is 14.4. The van der Waals surface area contributed by atoms with Crippen LogP contribution in [0.4, 0.5) is 0 Å². The van der Waals surface area contributed by atoms with E-state index in [9.17, 15) is 9.59 Å². The molecule has 0 spiro atoms. The number of fused-ring (bicyclic) bond motifs is 1. The number of amides is 2. The van der Waals surface area contributed by atoms with E-state index in [0.29, 0.717) is 12.1 Å². The molecule has 1 aliphatic heterocycles. The summed E-state index contributed by atoms with van der Waals surface area (Å²) in [6, 6.07) is 17.7. The fourth-order valence-electron chi connectivity index (χ4n) is 3.98. The summed E-state index contributed by atoms with van der Waals surface area (Å²) in [7, 11) is 1.76. The number of carbonyl (C=O) groups is 2. The summed E-state index contributed by atoms with van der Waals surface area (Å²) in [6.07, 6.45) is 3.05. The Morgan fingerprint density at radius 2 is 1.76 bits per heavy atom. The number of nitrogens with zero attached hydrogens (tertiary/aromatic N) is 1. The molecule has 128 valence electrons. The van der Waals surface area contributed by atoms with Crippen molar-refractivity contribution in [2.75, 3.05) is 13.6 Å². The monoisotopic (exact) mass is 334 g/mol. The van der Waals surface area contributed by atoms with Crippen molar-refractivity contribution in [2.24, 2.45) is 0 Å². The van der Waals surface area contributed by atoms with Crippen LogP contribution in [-0.4, -0.2) is 30.3 Å². The number of hydrogen-bond donors (Lipinski definition) is 1. The molecule has 2 amide bonds. The summed E-state index contributed by atoms with van der Waals surface area (Å²) < 4.78 is 0. The molecule has 0 radical (unpaired) electrons. The quantitative estimate of drug-likeness (QED) is 0.938. The van der Waals surface area contributed by atoms with Crippen molar-refractivity contribution in [1.82, 2.24) is 10.2 Å². The Labute approximate surface area is 147 Å². The molecule has 2 aliphatic rings. The first-order valence-electron chi connectivity index (χ1n) is 8.83. The predicted molar refractivity (Wildman–Crippen MR) is 96.3 cm³/mol. The van der Waals surface area contributed by atoms with Gasteiger partial charge in [0.2, 0.25) is 5.91 Å². The third-order valence-corrected chi connectivity index (χ3v) is 5.58. The van der Waals surface area contributed by atoms with Gasteiger partial charge in [-0.3, -0.25) is 9.59 Å². The molecule has 0 bridgehead atoms. The summed E-state index contributed by atoms with van der Waals surface area (Å²) >= 11 is 0.